The van der Waals surface area contributed by atoms with Crippen LogP contribution in [-0.2, 0) is 10.0 Å². The number of benzene rings is 3. The maximum atomic E-state index is 11.6. The first-order valence-electron chi connectivity index (χ1n) is 9.30. The van der Waals surface area contributed by atoms with Crippen LogP contribution in [0.2, 0.25) is 5.02 Å². The van der Waals surface area contributed by atoms with E-state index >= 15 is 0 Å². The number of nitrogens with zero attached hydrogens (tertiary/aromatic N) is 1. The van der Waals surface area contributed by atoms with E-state index in [4.69, 9.17) is 16.6 Å². The molecular formula is C22H21ClN4O2S. The van der Waals surface area contributed by atoms with E-state index in [1.165, 1.54) is 0 Å². The molecule has 6 nitrogen and oxygen atoms in total. The minimum atomic E-state index is -3.36. The molecule has 0 bridgehead atoms. The highest BCUT2D eigenvalue weighted by Gasteiger charge is 2.13. The Morgan fingerprint density at radius 1 is 0.967 bits per heavy atom. The SMILES string of the molecule is CNc1cc(NS(C)(=O)=O)ccc1Nc1c2ccc(Cl)cc2nc2c(C)cccc12. The fourth-order valence-corrected chi connectivity index (χ4v) is 4.21. The summed E-state index contributed by atoms with van der Waals surface area (Å²) in [6.07, 6.45) is 1.13. The van der Waals surface area contributed by atoms with Crippen LogP contribution in [0.4, 0.5) is 22.7 Å². The highest BCUT2D eigenvalue weighted by molar-refractivity contribution is 7.92. The molecule has 0 spiro atoms. The Morgan fingerprint density at radius 3 is 2.50 bits per heavy atom. The van der Waals surface area contributed by atoms with Gasteiger partial charge in [-0.2, -0.15) is 0 Å². The lowest BCUT2D eigenvalue weighted by molar-refractivity contribution is 0.607. The van der Waals surface area contributed by atoms with E-state index in [0.717, 1.165) is 50.7 Å². The summed E-state index contributed by atoms with van der Waals surface area (Å²) in [7, 11) is -1.57. The van der Waals surface area contributed by atoms with E-state index in [1.54, 1.807) is 19.2 Å². The largest absolute Gasteiger partial charge is 0.386 e. The maximum absolute atomic E-state index is 11.6. The van der Waals surface area contributed by atoms with Gasteiger partial charge in [-0.25, -0.2) is 13.4 Å². The molecule has 4 aromatic rings. The van der Waals surface area contributed by atoms with Gasteiger partial charge in [0.15, 0.2) is 0 Å². The molecule has 30 heavy (non-hydrogen) atoms. The van der Waals surface area contributed by atoms with Gasteiger partial charge < -0.3 is 10.6 Å². The van der Waals surface area contributed by atoms with Crippen LogP contribution in [-0.4, -0.2) is 26.7 Å². The smallest absolute Gasteiger partial charge is 0.229 e. The standard InChI is InChI=1S/C22H21ClN4O2S/c1-13-5-4-6-17-21(13)26-19-11-14(23)7-9-16(19)22(17)25-18-10-8-15(12-20(18)24-2)27-30(3,28)29/h4-12,24,27H,1-3H3,(H,25,26). The summed E-state index contributed by atoms with van der Waals surface area (Å²) in [6, 6.07) is 17.0. The lowest BCUT2D eigenvalue weighted by Crippen LogP contribution is -2.10. The predicted octanol–water partition coefficient (Wildman–Crippen LogP) is 5.51. The highest BCUT2D eigenvalue weighted by atomic mass is 35.5. The molecule has 0 radical (unpaired) electrons. The van der Waals surface area contributed by atoms with Crippen LogP contribution in [0.1, 0.15) is 5.56 Å². The fourth-order valence-electron chi connectivity index (χ4n) is 3.49. The van der Waals surface area contributed by atoms with Crippen molar-refractivity contribution in [3.63, 3.8) is 0 Å². The zero-order valence-electron chi connectivity index (χ0n) is 16.7. The minimum absolute atomic E-state index is 0.486. The molecule has 154 valence electrons. The molecule has 0 saturated heterocycles. The molecular weight excluding hydrogens is 420 g/mol. The number of para-hydroxylation sites is 1. The van der Waals surface area contributed by atoms with Crippen LogP contribution >= 0.6 is 11.6 Å². The zero-order chi connectivity index (χ0) is 21.5. The van der Waals surface area contributed by atoms with E-state index in [9.17, 15) is 8.42 Å². The number of pyridine rings is 1. The lowest BCUT2D eigenvalue weighted by atomic mass is 10.0. The van der Waals surface area contributed by atoms with Crippen molar-refractivity contribution in [2.75, 3.05) is 28.7 Å². The molecule has 4 rings (SSSR count). The van der Waals surface area contributed by atoms with Crippen molar-refractivity contribution in [1.29, 1.82) is 0 Å². The van der Waals surface area contributed by atoms with Crippen molar-refractivity contribution >= 4 is 66.2 Å². The molecule has 0 aliphatic carbocycles. The summed E-state index contributed by atoms with van der Waals surface area (Å²) < 4.78 is 25.6. The van der Waals surface area contributed by atoms with E-state index in [2.05, 4.69) is 15.4 Å². The summed E-state index contributed by atoms with van der Waals surface area (Å²) in [5.74, 6) is 0. The van der Waals surface area contributed by atoms with Crippen molar-refractivity contribution < 1.29 is 8.42 Å². The van der Waals surface area contributed by atoms with Crippen molar-refractivity contribution in [2.45, 2.75) is 6.92 Å². The summed E-state index contributed by atoms with van der Waals surface area (Å²) in [4.78, 5) is 4.82. The summed E-state index contributed by atoms with van der Waals surface area (Å²) in [5.41, 5.74) is 5.73. The molecule has 0 unspecified atom stereocenters. The molecule has 3 N–H and O–H groups in total. The van der Waals surface area contributed by atoms with Crippen LogP contribution < -0.4 is 15.4 Å². The molecule has 0 fully saturated rings. The zero-order valence-corrected chi connectivity index (χ0v) is 18.3. The number of rotatable bonds is 5. The Balaban J connectivity index is 1.90. The van der Waals surface area contributed by atoms with Gasteiger partial charge in [-0.3, -0.25) is 4.72 Å². The van der Waals surface area contributed by atoms with E-state index < -0.39 is 10.0 Å². The van der Waals surface area contributed by atoms with Gasteiger partial charge in [0.05, 0.1) is 40.0 Å². The number of halogens is 1. The van der Waals surface area contributed by atoms with Gasteiger partial charge in [-0.1, -0.05) is 29.8 Å². The lowest BCUT2D eigenvalue weighted by Gasteiger charge is -2.18. The van der Waals surface area contributed by atoms with Crippen LogP contribution in [0.25, 0.3) is 21.8 Å². The maximum Gasteiger partial charge on any atom is 0.229 e. The van der Waals surface area contributed by atoms with E-state index in [-0.39, 0.29) is 0 Å². The van der Waals surface area contributed by atoms with Crippen LogP contribution in [0.15, 0.2) is 54.6 Å². The first kappa shape index (κ1) is 20.3. The first-order valence-corrected chi connectivity index (χ1v) is 11.6. The third-order valence-corrected chi connectivity index (χ3v) is 5.66. The number of aryl methyl sites for hydroxylation is 1. The Kier molecular flexibility index (Phi) is 5.17. The molecule has 0 aliphatic heterocycles. The number of hydrogen-bond acceptors (Lipinski definition) is 5. The number of aromatic nitrogens is 1. The minimum Gasteiger partial charge on any atom is -0.386 e. The average molecular weight is 441 g/mol. The predicted molar refractivity (Wildman–Crippen MR) is 127 cm³/mol. The molecule has 8 heteroatoms. The number of sulfonamides is 1. The van der Waals surface area contributed by atoms with E-state index in [1.807, 2.05) is 49.4 Å². The summed E-state index contributed by atoms with van der Waals surface area (Å²) >= 11 is 6.21. The quantitative estimate of drug-likeness (QED) is 0.356. The molecule has 1 heterocycles. The van der Waals surface area contributed by atoms with Crippen molar-refractivity contribution in [1.82, 2.24) is 4.98 Å². The monoisotopic (exact) mass is 440 g/mol. The van der Waals surface area contributed by atoms with Gasteiger partial charge >= 0.3 is 0 Å². The Morgan fingerprint density at radius 2 is 1.77 bits per heavy atom. The fraction of sp³-hybridized carbons (Fsp3) is 0.136. The average Bonchev–Trinajstić information content (AvgIpc) is 2.68. The number of hydrogen-bond donors (Lipinski definition) is 3. The topological polar surface area (TPSA) is 83.1 Å². The number of nitrogens with one attached hydrogen (secondary N) is 3. The van der Waals surface area contributed by atoms with E-state index in [0.29, 0.717) is 10.7 Å². The Labute approximate surface area is 180 Å². The first-order chi connectivity index (χ1) is 14.2. The highest BCUT2D eigenvalue weighted by Crippen LogP contribution is 2.37. The molecule has 3 aromatic carbocycles. The third-order valence-electron chi connectivity index (χ3n) is 4.82. The Bertz CT molecular complexity index is 1390. The van der Waals surface area contributed by atoms with Gasteiger partial charge in [0, 0.05) is 22.8 Å². The third kappa shape index (κ3) is 3.99. The van der Waals surface area contributed by atoms with Crippen molar-refractivity contribution in [2.24, 2.45) is 0 Å². The number of anilines is 4. The molecule has 0 atom stereocenters. The Hall–Kier alpha value is -3.03. The second-order valence-corrected chi connectivity index (χ2v) is 9.31. The molecule has 0 saturated carbocycles. The van der Waals surface area contributed by atoms with Crippen molar-refractivity contribution in [3.8, 4) is 0 Å². The van der Waals surface area contributed by atoms with Crippen LogP contribution in [0.5, 0.6) is 0 Å². The van der Waals surface area contributed by atoms with Gasteiger partial charge in [0.2, 0.25) is 10.0 Å². The molecule has 1 aromatic heterocycles. The number of fused-ring (bicyclic) bond motifs is 2. The van der Waals surface area contributed by atoms with Crippen LogP contribution in [0.3, 0.4) is 0 Å². The van der Waals surface area contributed by atoms with Gasteiger partial charge in [-0.05, 0) is 48.9 Å². The summed E-state index contributed by atoms with van der Waals surface area (Å²) in [5, 5.41) is 9.21. The van der Waals surface area contributed by atoms with Gasteiger partial charge in [0.1, 0.15) is 0 Å². The summed E-state index contributed by atoms with van der Waals surface area (Å²) in [6.45, 7) is 2.03. The molecule has 0 amide bonds. The normalized spacial score (nSPS) is 11.6. The second-order valence-electron chi connectivity index (χ2n) is 7.13. The molecule has 0 aliphatic rings. The van der Waals surface area contributed by atoms with Crippen molar-refractivity contribution in [3.05, 3.63) is 65.2 Å². The van der Waals surface area contributed by atoms with Gasteiger partial charge in [-0.15, -0.1) is 0 Å². The second kappa shape index (κ2) is 7.66. The van der Waals surface area contributed by atoms with Gasteiger partial charge in [0.25, 0.3) is 0 Å². The van der Waals surface area contributed by atoms with Crippen LogP contribution in [0, 0.1) is 6.92 Å².